The third-order valence-corrected chi connectivity index (χ3v) is 6.52. The van der Waals surface area contributed by atoms with E-state index in [9.17, 15) is 18.4 Å². The first-order valence-electron chi connectivity index (χ1n) is 11.8. The fourth-order valence-electron chi connectivity index (χ4n) is 4.46. The van der Waals surface area contributed by atoms with Crippen LogP contribution in [0.4, 0.5) is 14.5 Å². The fourth-order valence-corrected chi connectivity index (χ4v) is 4.46. The van der Waals surface area contributed by atoms with Crippen LogP contribution in [0.2, 0.25) is 0 Å². The average molecular weight is 499 g/mol. The Hall–Kier alpha value is -4.46. The van der Waals surface area contributed by atoms with E-state index in [1.165, 1.54) is 11.0 Å². The van der Waals surface area contributed by atoms with Crippen molar-refractivity contribution in [1.29, 1.82) is 0 Å². The summed E-state index contributed by atoms with van der Waals surface area (Å²) < 4.78 is 26.7. The molecule has 2 atom stereocenters. The number of halogens is 2. The van der Waals surface area contributed by atoms with E-state index in [0.29, 0.717) is 11.3 Å². The number of hydrogen-bond acceptors (Lipinski definition) is 4. The molecule has 0 saturated heterocycles. The highest BCUT2D eigenvalue weighted by Crippen LogP contribution is 2.32. The molecule has 1 N–H and O–H groups in total. The van der Waals surface area contributed by atoms with Gasteiger partial charge in [0.05, 0.1) is 11.2 Å². The molecule has 0 spiro atoms. The van der Waals surface area contributed by atoms with Crippen molar-refractivity contribution in [2.45, 2.75) is 19.5 Å². The molecule has 2 heterocycles. The molecule has 0 fully saturated rings. The van der Waals surface area contributed by atoms with Crippen molar-refractivity contribution in [2.24, 2.45) is 10.9 Å². The maximum atomic E-state index is 13.5. The van der Waals surface area contributed by atoms with Crippen LogP contribution in [0.5, 0.6) is 0 Å². The summed E-state index contributed by atoms with van der Waals surface area (Å²) in [5.74, 6) is -3.30. The van der Waals surface area contributed by atoms with Crippen LogP contribution in [0, 0.1) is 17.6 Å². The molecule has 0 radical (unpaired) electrons. The fraction of sp³-hybridized carbons (Fsp3) is 0.172. The van der Waals surface area contributed by atoms with E-state index < -0.39 is 35.5 Å². The number of anilines is 1. The zero-order valence-corrected chi connectivity index (χ0v) is 20.3. The lowest BCUT2D eigenvalue weighted by molar-refractivity contribution is -0.129. The van der Waals surface area contributed by atoms with Crippen LogP contribution in [-0.2, 0) is 16.0 Å². The van der Waals surface area contributed by atoms with E-state index in [2.05, 4.69) is 15.3 Å². The van der Waals surface area contributed by atoms with Crippen LogP contribution in [-0.4, -0.2) is 36.2 Å². The van der Waals surface area contributed by atoms with Crippen LogP contribution in [0.15, 0.2) is 77.9 Å². The van der Waals surface area contributed by atoms with E-state index in [1.807, 2.05) is 48.5 Å². The molecule has 1 aliphatic rings. The summed E-state index contributed by atoms with van der Waals surface area (Å²) in [6.45, 7) is 1.66. The van der Waals surface area contributed by atoms with Gasteiger partial charge in [-0.05, 0) is 41.8 Å². The Morgan fingerprint density at radius 1 is 1.05 bits per heavy atom. The van der Waals surface area contributed by atoms with Gasteiger partial charge in [-0.15, -0.1) is 0 Å². The highest BCUT2D eigenvalue weighted by molar-refractivity contribution is 6.07. The monoisotopic (exact) mass is 498 g/mol. The molecular weight excluding hydrogens is 474 g/mol. The molecule has 0 aliphatic carbocycles. The summed E-state index contributed by atoms with van der Waals surface area (Å²) in [6.07, 6.45) is 2.40. The predicted molar refractivity (Wildman–Crippen MR) is 139 cm³/mol. The average Bonchev–Trinajstić information content (AvgIpc) is 3.02. The van der Waals surface area contributed by atoms with Gasteiger partial charge in [-0.25, -0.2) is 8.78 Å². The van der Waals surface area contributed by atoms with Gasteiger partial charge in [0.2, 0.25) is 12.1 Å². The topological polar surface area (TPSA) is 74.7 Å². The normalized spacial score (nSPS) is 15.8. The summed E-state index contributed by atoms with van der Waals surface area (Å²) in [6, 6.07) is 19.1. The maximum Gasteiger partial charge on any atom is 0.272 e. The highest BCUT2D eigenvalue weighted by Gasteiger charge is 2.29. The number of amides is 2. The van der Waals surface area contributed by atoms with E-state index in [-0.39, 0.29) is 6.42 Å². The third-order valence-electron chi connectivity index (χ3n) is 6.52. The number of likely N-dealkylation sites (N-methyl/N-ethyl adjacent to an activating group) is 1. The number of hydrogen-bond donors (Lipinski definition) is 1. The Bertz CT molecular complexity index is 1550. The first-order chi connectivity index (χ1) is 17.8. The highest BCUT2D eigenvalue weighted by atomic mass is 19.2. The smallest absolute Gasteiger partial charge is 0.272 e. The van der Waals surface area contributed by atoms with Crippen LogP contribution in [0.25, 0.3) is 22.0 Å². The number of carbonyl (C=O) groups excluding carboxylic acids is 2. The number of pyridine rings is 1. The van der Waals surface area contributed by atoms with E-state index >= 15 is 0 Å². The minimum atomic E-state index is -1.11. The van der Waals surface area contributed by atoms with Crippen LogP contribution < -0.4 is 10.2 Å². The Kier molecular flexibility index (Phi) is 6.48. The molecule has 0 bridgehead atoms. The van der Waals surface area contributed by atoms with Crippen LogP contribution in [0.3, 0.4) is 0 Å². The summed E-state index contributed by atoms with van der Waals surface area (Å²) in [5, 5.41) is 3.70. The number of benzene rings is 3. The van der Waals surface area contributed by atoms with E-state index in [0.717, 1.165) is 39.7 Å². The molecule has 4 aromatic rings. The molecule has 8 heteroatoms. The Balaban J connectivity index is 1.35. The number of nitrogens with one attached hydrogen (secondary N) is 1. The zero-order chi connectivity index (χ0) is 26.1. The van der Waals surface area contributed by atoms with Gasteiger partial charge in [-0.3, -0.25) is 19.6 Å². The number of benzodiazepines with no additional fused rings is 1. The summed E-state index contributed by atoms with van der Waals surface area (Å²) in [5.41, 5.74) is 4.58. The first kappa shape index (κ1) is 24.2. The summed E-state index contributed by atoms with van der Waals surface area (Å²) >= 11 is 0. The summed E-state index contributed by atoms with van der Waals surface area (Å²) in [4.78, 5) is 36.4. The maximum absolute atomic E-state index is 13.5. The largest absolute Gasteiger partial charge is 0.326 e. The minimum Gasteiger partial charge on any atom is -0.326 e. The van der Waals surface area contributed by atoms with Crippen molar-refractivity contribution in [2.75, 3.05) is 11.9 Å². The van der Waals surface area contributed by atoms with Gasteiger partial charge in [0.1, 0.15) is 0 Å². The molecule has 37 heavy (non-hydrogen) atoms. The standard InChI is InChI=1S/C29H24F2N4O2/c1-17(13-18-8-11-23(30)24(31)14-18)28(36)34-27-29(37)35(2)25-15-20(9-10-21(25)16-33-27)22-7-3-5-19-6-4-12-32-26(19)22/h3-12,14-17,27H,13H2,1-2H3,(H,34,36)/t17-,27?/m0/s1. The SMILES string of the molecule is C[C@@H](Cc1ccc(F)c(F)c1)C(=O)NC1N=Cc2ccc(-c3cccc4cccnc34)cc2N(C)C1=O. The number of aliphatic imine (C=N–C) groups is 1. The second-order valence-corrected chi connectivity index (χ2v) is 9.09. The van der Waals surface area contributed by atoms with Gasteiger partial charge in [0.25, 0.3) is 5.91 Å². The Morgan fingerprint density at radius 2 is 1.86 bits per heavy atom. The molecule has 1 aliphatic heterocycles. The molecular formula is C29H24F2N4O2. The third kappa shape index (κ3) is 4.82. The van der Waals surface area contributed by atoms with Gasteiger partial charge < -0.3 is 10.2 Å². The minimum absolute atomic E-state index is 0.187. The lowest BCUT2D eigenvalue weighted by Gasteiger charge is -2.22. The second kappa shape index (κ2) is 9.89. The van der Waals surface area contributed by atoms with Gasteiger partial charge in [-0.2, -0.15) is 0 Å². The van der Waals surface area contributed by atoms with Crippen molar-refractivity contribution in [3.05, 3.63) is 95.7 Å². The van der Waals surface area contributed by atoms with Gasteiger partial charge in [0, 0.05) is 41.9 Å². The van der Waals surface area contributed by atoms with E-state index in [1.54, 1.807) is 26.4 Å². The number of fused-ring (bicyclic) bond motifs is 2. The molecule has 0 saturated carbocycles. The Morgan fingerprint density at radius 3 is 2.68 bits per heavy atom. The number of carbonyl (C=O) groups is 2. The number of para-hydroxylation sites is 1. The van der Waals surface area contributed by atoms with Crippen molar-refractivity contribution < 1.29 is 18.4 Å². The molecule has 186 valence electrons. The number of aromatic nitrogens is 1. The van der Waals surface area contributed by atoms with Crippen molar-refractivity contribution in [3.63, 3.8) is 0 Å². The van der Waals surface area contributed by atoms with Crippen molar-refractivity contribution in [1.82, 2.24) is 10.3 Å². The zero-order valence-electron chi connectivity index (χ0n) is 20.3. The van der Waals surface area contributed by atoms with Crippen molar-refractivity contribution >= 4 is 34.6 Å². The molecule has 2 amide bonds. The van der Waals surface area contributed by atoms with E-state index in [4.69, 9.17) is 0 Å². The van der Waals surface area contributed by atoms with Gasteiger partial charge in [-0.1, -0.05) is 49.4 Å². The Labute approximate surface area is 212 Å². The number of rotatable bonds is 5. The van der Waals surface area contributed by atoms with Crippen molar-refractivity contribution in [3.8, 4) is 11.1 Å². The molecule has 5 rings (SSSR count). The second-order valence-electron chi connectivity index (χ2n) is 9.09. The van der Waals surface area contributed by atoms with Crippen LogP contribution in [0.1, 0.15) is 18.1 Å². The van der Waals surface area contributed by atoms with Gasteiger partial charge >= 0.3 is 0 Å². The quantitative estimate of drug-likeness (QED) is 0.426. The molecule has 1 unspecified atom stereocenters. The van der Waals surface area contributed by atoms with Gasteiger partial charge in [0.15, 0.2) is 11.6 Å². The number of nitrogens with zero attached hydrogens (tertiary/aromatic N) is 3. The molecule has 6 nitrogen and oxygen atoms in total. The first-order valence-corrected chi connectivity index (χ1v) is 11.8. The predicted octanol–water partition coefficient (Wildman–Crippen LogP) is 4.90. The molecule has 3 aromatic carbocycles. The lowest BCUT2D eigenvalue weighted by atomic mass is 9.99. The molecule has 1 aromatic heterocycles. The van der Waals surface area contributed by atoms with Crippen LogP contribution >= 0.6 is 0 Å². The summed E-state index contributed by atoms with van der Waals surface area (Å²) in [7, 11) is 1.64. The lowest BCUT2D eigenvalue weighted by Crippen LogP contribution is -2.47.